The van der Waals surface area contributed by atoms with Gasteiger partial charge in [-0.05, 0) is 30.3 Å². The highest BCUT2D eigenvalue weighted by molar-refractivity contribution is 7.18. The Hall–Kier alpha value is -3.06. The Morgan fingerprint density at radius 1 is 1.12 bits per heavy atom. The third-order valence-corrected chi connectivity index (χ3v) is 4.57. The van der Waals surface area contributed by atoms with Crippen LogP contribution in [0.5, 0.6) is 0 Å². The lowest BCUT2D eigenvalue weighted by atomic mass is 10.3. The largest absolute Gasteiger partial charge is 0.454 e. The van der Waals surface area contributed by atoms with E-state index in [2.05, 4.69) is 10.1 Å². The van der Waals surface area contributed by atoms with E-state index >= 15 is 0 Å². The van der Waals surface area contributed by atoms with Crippen LogP contribution < -0.4 is 0 Å². The molecule has 0 radical (unpaired) electrons. The molecule has 0 N–H and O–H groups in total. The van der Waals surface area contributed by atoms with E-state index in [1.807, 2.05) is 24.3 Å². The van der Waals surface area contributed by atoms with Gasteiger partial charge in [0.25, 0.3) is 0 Å². The molecule has 2 aromatic carbocycles. The molecule has 2 aromatic heterocycles. The molecular weight excluding hydrogens is 341 g/mol. The van der Waals surface area contributed by atoms with Gasteiger partial charge in [-0.1, -0.05) is 24.3 Å². The molecule has 25 heavy (non-hydrogen) atoms. The summed E-state index contributed by atoms with van der Waals surface area (Å²) in [5.74, 6) is -0.991. The second-order valence-electron chi connectivity index (χ2n) is 5.25. The number of carbonyl (C=O) groups is 1. The number of fused-ring (bicyclic) bond motifs is 1. The molecule has 7 heteroatoms. The summed E-state index contributed by atoms with van der Waals surface area (Å²) in [5, 5.41) is 4.79. The Bertz CT molecular complexity index is 1020. The zero-order chi connectivity index (χ0) is 17.2. The van der Waals surface area contributed by atoms with Gasteiger partial charge in [-0.2, -0.15) is 5.10 Å². The number of hydrogen-bond donors (Lipinski definition) is 0. The van der Waals surface area contributed by atoms with E-state index in [1.165, 1.54) is 34.3 Å². The number of benzene rings is 2. The van der Waals surface area contributed by atoms with Crippen molar-refractivity contribution in [2.24, 2.45) is 0 Å². The molecule has 0 saturated heterocycles. The number of rotatable bonds is 4. The fourth-order valence-corrected chi connectivity index (χ4v) is 3.27. The topological polar surface area (TPSA) is 57.0 Å². The third-order valence-electron chi connectivity index (χ3n) is 3.56. The average Bonchev–Trinajstić information content (AvgIpc) is 3.27. The molecule has 0 unspecified atom stereocenters. The summed E-state index contributed by atoms with van der Waals surface area (Å²) in [6.45, 7) is 0.0741. The Balaban J connectivity index is 1.47. The number of para-hydroxylation sites is 2. The zero-order valence-corrected chi connectivity index (χ0v) is 13.7. The van der Waals surface area contributed by atoms with Crippen LogP contribution in [0.15, 0.2) is 60.8 Å². The second kappa shape index (κ2) is 6.45. The highest BCUT2D eigenvalue weighted by atomic mass is 32.1. The molecule has 5 nitrogen and oxygen atoms in total. The van der Waals surface area contributed by atoms with Gasteiger partial charge in [-0.15, -0.1) is 11.3 Å². The molecule has 4 aromatic rings. The number of halogens is 1. The summed E-state index contributed by atoms with van der Waals surface area (Å²) < 4.78 is 21.4. The van der Waals surface area contributed by atoms with Crippen molar-refractivity contribution in [2.75, 3.05) is 0 Å². The molecule has 0 atom stereocenters. The number of hydrogen-bond acceptors (Lipinski definition) is 5. The predicted octanol–water partition coefficient (Wildman–Crippen LogP) is 3.98. The highest BCUT2D eigenvalue weighted by Crippen LogP contribution is 2.22. The lowest BCUT2D eigenvalue weighted by molar-refractivity contribution is 0.0465. The van der Waals surface area contributed by atoms with Crippen LogP contribution in [0.1, 0.15) is 15.5 Å². The number of carbonyl (C=O) groups excluding carboxylic acids is 1. The lowest BCUT2D eigenvalue weighted by Gasteiger charge is -2.02. The number of ether oxygens (including phenoxy) is 1. The van der Waals surface area contributed by atoms with Crippen molar-refractivity contribution >= 4 is 27.5 Å². The summed E-state index contributed by atoms with van der Waals surface area (Å²) in [5.41, 5.74) is 1.26. The van der Waals surface area contributed by atoms with Crippen molar-refractivity contribution in [1.29, 1.82) is 0 Å². The molecule has 0 aliphatic heterocycles. The molecule has 124 valence electrons. The molecule has 0 fully saturated rings. The van der Waals surface area contributed by atoms with Crippen LogP contribution in [-0.4, -0.2) is 20.7 Å². The van der Waals surface area contributed by atoms with Gasteiger partial charge < -0.3 is 4.74 Å². The number of esters is 1. The third kappa shape index (κ3) is 3.14. The monoisotopic (exact) mass is 353 g/mol. The van der Waals surface area contributed by atoms with E-state index in [0.717, 1.165) is 10.2 Å². The average molecular weight is 353 g/mol. The van der Waals surface area contributed by atoms with Crippen LogP contribution >= 0.6 is 11.3 Å². The van der Waals surface area contributed by atoms with E-state index in [4.69, 9.17) is 4.74 Å². The summed E-state index contributed by atoms with van der Waals surface area (Å²) >= 11 is 1.47. The zero-order valence-electron chi connectivity index (χ0n) is 12.9. The van der Waals surface area contributed by atoms with Crippen LogP contribution in [0.25, 0.3) is 15.9 Å². The van der Waals surface area contributed by atoms with Crippen LogP contribution in [-0.2, 0) is 11.3 Å². The summed E-state index contributed by atoms with van der Waals surface area (Å²) in [6, 6.07) is 15.4. The summed E-state index contributed by atoms with van der Waals surface area (Å²) in [6.07, 6.45) is 1.52. The Kier molecular flexibility index (Phi) is 3.99. The van der Waals surface area contributed by atoms with Crippen molar-refractivity contribution < 1.29 is 13.9 Å². The summed E-state index contributed by atoms with van der Waals surface area (Å²) in [7, 11) is 0. The molecule has 0 aliphatic carbocycles. The van der Waals surface area contributed by atoms with Crippen LogP contribution in [0.3, 0.4) is 0 Å². The lowest BCUT2D eigenvalue weighted by Crippen LogP contribution is -2.07. The first kappa shape index (κ1) is 15.5. The Morgan fingerprint density at radius 2 is 1.92 bits per heavy atom. The standard InChI is InChI=1S/C18H12FN3O2S/c19-12-5-1-3-7-15(12)22-10-9-14(21-22)18(23)24-11-17-20-13-6-2-4-8-16(13)25-17/h1-10H,11H2. The van der Waals surface area contributed by atoms with Crippen molar-refractivity contribution in [2.45, 2.75) is 6.61 Å². The molecule has 0 aliphatic rings. The van der Waals surface area contributed by atoms with E-state index in [-0.39, 0.29) is 18.0 Å². The van der Waals surface area contributed by atoms with Crippen molar-refractivity contribution in [3.63, 3.8) is 0 Å². The minimum Gasteiger partial charge on any atom is -0.454 e. The fourth-order valence-electron chi connectivity index (χ4n) is 2.39. The predicted molar refractivity (Wildman–Crippen MR) is 92.3 cm³/mol. The molecule has 2 heterocycles. The first-order valence-electron chi connectivity index (χ1n) is 7.53. The van der Waals surface area contributed by atoms with Gasteiger partial charge in [-0.25, -0.2) is 18.9 Å². The van der Waals surface area contributed by atoms with Gasteiger partial charge >= 0.3 is 5.97 Å². The maximum Gasteiger partial charge on any atom is 0.359 e. The summed E-state index contributed by atoms with van der Waals surface area (Å²) in [4.78, 5) is 16.6. The second-order valence-corrected chi connectivity index (χ2v) is 6.36. The van der Waals surface area contributed by atoms with Crippen molar-refractivity contribution in [3.05, 3.63) is 77.3 Å². The molecule has 0 bridgehead atoms. The van der Waals surface area contributed by atoms with Gasteiger partial charge in [0.1, 0.15) is 23.1 Å². The van der Waals surface area contributed by atoms with Gasteiger partial charge in [0.05, 0.1) is 10.2 Å². The Morgan fingerprint density at radius 3 is 2.76 bits per heavy atom. The number of nitrogens with zero attached hydrogens (tertiary/aromatic N) is 3. The van der Waals surface area contributed by atoms with Crippen LogP contribution in [0.2, 0.25) is 0 Å². The molecule has 0 saturated carbocycles. The van der Waals surface area contributed by atoms with Crippen LogP contribution in [0.4, 0.5) is 4.39 Å². The molecule has 0 amide bonds. The van der Waals surface area contributed by atoms with Gasteiger partial charge in [0, 0.05) is 6.20 Å². The minimum atomic E-state index is -0.575. The van der Waals surface area contributed by atoms with Crippen molar-refractivity contribution in [1.82, 2.24) is 14.8 Å². The molecule has 4 rings (SSSR count). The first-order valence-corrected chi connectivity index (χ1v) is 8.34. The van der Waals surface area contributed by atoms with E-state index in [1.54, 1.807) is 18.2 Å². The van der Waals surface area contributed by atoms with E-state index in [0.29, 0.717) is 5.01 Å². The normalized spacial score (nSPS) is 10.9. The maximum absolute atomic E-state index is 13.8. The SMILES string of the molecule is O=C(OCc1nc2ccccc2s1)c1ccn(-c2ccccc2F)n1. The number of aromatic nitrogens is 3. The first-order chi connectivity index (χ1) is 12.2. The van der Waals surface area contributed by atoms with Gasteiger partial charge in [-0.3, -0.25) is 0 Å². The van der Waals surface area contributed by atoms with Crippen LogP contribution in [0, 0.1) is 5.82 Å². The smallest absolute Gasteiger partial charge is 0.359 e. The molecular formula is C18H12FN3O2S. The number of thiazole rings is 1. The molecule has 0 spiro atoms. The maximum atomic E-state index is 13.8. The minimum absolute atomic E-state index is 0.0741. The Labute approximate surface area is 146 Å². The van der Waals surface area contributed by atoms with Gasteiger partial charge in [0.2, 0.25) is 0 Å². The van der Waals surface area contributed by atoms with E-state index in [9.17, 15) is 9.18 Å². The van der Waals surface area contributed by atoms with Crippen molar-refractivity contribution in [3.8, 4) is 5.69 Å². The van der Waals surface area contributed by atoms with Gasteiger partial charge in [0.15, 0.2) is 5.69 Å². The highest BCUT2D eigenvalue weighted by Gasteiger charge is 2.14. The fraction of sp³-hybridized carbons (Fsp3) is 0.0556. The quantitative estimate of drug-likeness (QED) is 0.521. The van der Waals surface area contributed by atoms with E-state index < -0.39 is 11.8 Å².